The molecule has 0 atom stereocenters. The maximum Gasteiger partial charge on any atom is 0.234 e. The Balaban J connectivity index is 1.86. The van der Waals surface area contributed by atoms with Gasteiger partial charge in [0, 0.05) is 6.42 Å². The molecule has 0 bridgehead atoms. The summed E-state index contributed by atoms with van der Waals surface area (Å²) in [5.74, 6) is 0.501. The van der Waals surface area contributed by atoms with Crippen molar-refractivity contribution in [2.24, 2.45) is 0 Å². The number of benzene rings is 1. The van der Waals surface area contributed by atoms with E-state index >= 15 is 0 Å². The lowest BCUT2D eigenvalue weighted by Crippen LogP contribution is -2.14. The lowest BCUT2D eigenvalue weighted by Gasteiger charge is -2.08. The molecule has 0 aliphatic rings. The highest BCUT2D eigenvalue weighted by molar-refractivity contribution is 8.01. The fourth-order valence-electron chi connectivity index (χ4n) is 1.59. The zero-order valence-corrected chi connectivity index (χ0v) is 14.3. The summed E-state index contributed by atoms with van der Waals surface area (Å²) in [6.45, 7) is 1.76. The molecule has 0 unspecified atom stereocenters. The van der Waals surface area contributed by atoms with Crippen molar-refractivity contribution in [3.8, 4) is 5.75 Å². The largest absolute Gasteiger partial charge is 0.495 e. The van der Waals surface area contributed by atoms with E-state index in [1.807, 2.05) is 12.1 Å². The lowest BCUT2D eigenvalue weighted by atomic mass is 10.3. The van der Waals surface area contributed by atoms with Crippen molar-refractivity contribution in [2.45, 2.75) is 17.7 Å². The number of ether oxygens (including phenoxy) is 1. The standard InChI is InChI=1S/C14H16N4O3S2/c1-3-11(19)16-13-17-18-14(23-13)22-8-12(20)15-9-6-4-5-7-10(9)21-2/h4-7H,3,8H2,1-2H3,(H,15,20)(H,16,17,19). The predicted molar refractivity (Wildman–Crippen MR) is 91.2 cm³/mol. The Hall–Kier alpha value is -2.13. The first-order valence-electron chi connectivity index (χ1n) is 6.81. The summed E-state index contributed by atoms with van der Waals surface area (Å²) in [6.07, 6.45) is 0.378. The summed E-state index contributed by atoms with van der Waals surface area (Å²) in [4.78, 5) is 23.2. The van der Waals surface area contributed by atoms with E-state index in [0.717, 1.165) is 0 Å². The zero-order valence-electron chi connectivity index (χ0n) is 12.7. The molecule has 0 saturated heterocycles. The molecule has 2 N–H and O–H groups in total. The van der Waals surface area contributed by atoms with Crippen molar-refractivity contribution in [1.29, 1.82) is 0 Å². The molecule has 0 aliphatic heterocycles. The molecule has 0 spiro atoms. The first kappa shape index (κ1) is 17.2. The minimum atomic E-state index is -0.172. The third kappa shape index (κ3) is 5.22. The topological polar surface area (TPSA) is 93.2 Å². The molecule has 2 aromatic rings. The normalized spacial score (nSPS) is 10.2. The fourth-order valence-corrected chi connectivity index (χ4v) is 3.16. The van der Waals surface area contributed by atoms with Gasteiger partial charge in [0.1, 0.15) is 5.75 Å². The third-order valence-electron chi connectivity index (χ3n) is 2.68. The second kappa shape index (κ2) is 8.49. The molecule has 7 nitrogen and oxygen atoms in total. The number of nitrogens with zero attached hydrogens (tertiary/aromatic N) is 2. The van der Waals surface area contributed by atoms with E-state index < -0.39 is 0 Å². The quantitative estimate of drug-likeness (QED) is 0.588. The van der Waals surface area contributed by atoms with Crippen molar-refractivity contribution in [2.75, 3.05) is 23.5 Å². The molecule has 0 fully saturated rings. The van der Waals surface area contributed by atoms with Gasteiger partial charge in [0.05, 0.1) is 18.6 Å². The van der Waals surface area contributed by atoms with Gasteiger partial charge in [-0.05, 0) is 12.1 Å². The molecular formula is C14H16N4O3S2. The fraction of sp³-hybridized carbons (Fsp3) is 0.286. The van der Waals surface area contributed by atoms with Crippen LogP contribution in [0.4, 0.5) is 10.8 Å². The molecule has 1 heterocycles. The van der Waals surface area contributed by atoms with Crippen LogP contribution in [0.2, 0.25) is 0 Å². The smallest absolute Gasteiger partial charge is 0.234 e. The first-order chi connectivity index (χ1) is 11.1. The second-order valence-corrected chi connectivity index (χ2v) is 6.51. The number of thioether (sulfide) groups is 1. The molecule has 0 radical (unpaired) electrons. The minimum absolute atomic E-state index is 0.119. The van der Waals surface area contributed by atoms with Crippen LogP contribution in [0.15, 0.2) is 28.6 Å². The number of para-hydroxylation sites is 2. The van der Waals surface area contributed by atoms with Gasteiger partial charge >= 0.3 is 0 Å². The molecule has 0 saturated carbocycles. The minimum Gasteiger partial charge on any atom is -0.495 e. The Labute approximate surface area is 141 Å². The average Bonchev–Trinajstić information content (AvgIpc) is 3.00. The van der Waals surface area contributed by atoms with Crippen LogP contribution in [-0.2, 0) is 9.59 Å². The molecule has 122 valence electrons. The number of hydrogen-bond donors (Lipinski definition) is 2. The lowest BCUT2D eigenvalue weighted by molar-refractivity contribution is -0.116. The number of nitrogens with one attached hydrogen (secondary N) is 2. The van der Waals surface area contributed by atoms with Gasteiger partial charge in [0.25, 0.3) is 0 Å². The summed E-state index contributed by atoms with van der Waals surface area (Å²) in [7, 11) is 1.55. The van der Waals surface area contributed by atoms with Gasteiger partial charge in [0.2, 0.25) is 16.9 Å². The highest BCUT2D eigenvalue weighted by Crippen LogP contribution is 2.27. The van der Waals surface area contributed by atoms with E-state index in [1.54, 1.807) is 26.2 Å². The highest BCUT2D eigenvalue weighted by atomic mass is 32.2. The van der Waals surface area contributed by atoms with Gasteiger partial charge in [-0.3, -0.25) is 9.59 Å². The maximum atomic E-state index is 12.0. The van der Waals surface area contributed by atoms with Crippen molar-refractivity contribution in [1.82, 2.24) is 10.2 Å². The van der Waals surface area contributed by atoms with Crippen molar-refractivity contribution < 1.29 is 14.3 Å². The molecule has 2 rings (SSSR count). The monoisotopic (exact) mass is 352 g/mol. The van der Waals surface area contributed by atoms with Crippen LogP contribution < -0.4 is 15.4 Å². The molecule has 1 aromatic heterocycles. The summed E-state index contributed by atoms with van der Waals surface area (Å²) < 4.78 is 5.80. The number of carbonyl (C=O) groups excluding carboxylic acids is 2. The number of hydrogen-bond acceptors (Lipinski definition) is 7. The van der Waals surface area contributed by atoms with Gasteiger partial charge in [0.15, 0.2) is 4.34 Å². The Morgan fingerprint density at radius 2 is 2.00 bits per heavy atom. The Kier molecular flexibility index (Phi) is 6.36. The Morgan fingerprint density at radius 3 is 2.74 bits per heavy atom. The van der Waals surface area contributed by atoms with E-state index in [-0.39, 0.29) is 17.6 Å². The molecule has 23 heavy (non-hydrogen) atoms. The van der Waals surface area contributed by atoms with Gasteiger partial charge < -0.3 is 15.4 Å². The van der Waals surface area contributed by atoms with Crippen molar-refractivity contribution >= 4 is 45.7 Å². The number of carbonyl (C=O) groups is 2. The summed E-state index contributed by atoms with van der Waals surface area (Å²) in [5, 5.41) is 13.6. The number of aromatic nitrogens is 2. The van der Waals surface area contributed by atoms with Gasteiger partial charge in [-0.1, -0.05) is 42.2 Å². The van der Waals surface area contributed by atoms with Gasteiger partial charge in [-0.15, -0.1) is 10.2 Å². The number of amides is 2. The SMILES string of the molecule is CCC(=O)Nc1nnc(SCC(=O)Nc2ccccc2OC)s1. The summed E-state index contributed by atoms with van der Waals surface area (Å²) >= 11 is 2.49. The Morgan fingerprint density at radius 1 is 1.22 bits per heavy atom. The number of rotatable bonds is 7. The van der Waals surface area contributed by atoms with E-state index in [0.29, 0.717) is 27.3 Å². The van der Waals surface area contributed by atoms with Crippen LogP contribution in [0.1, 0.15) is 13.3 Å². The summed E-state index contributed by atoms with van der Waals surface area (Å²) in [5.41, 5.74) is 0.619. The van der Waals surface area contributed by atoms with E-state index in [9.17, 15) is 9.59 Å². The molecular weight excluding hydrogens is 336 g/mol. The second-order valence-electron chi connectivity index (χ2n) is 4.31. The predicted octanol–water partition coefficient (Wildman–Crippen LogP) is 2.63. The Bertz CT molecular complexity index is 690. The molecule has 9 heteroatoms. The zero-order chi connectivity index (χ0) is 16.7. The van der Waals surface area contributed by atoms with Crippen LogP contribution in [0.5, 0.6) is 5.75 Å². The van der Waals surface area contributed by atoms with Crippen molar-refractivity contribution in [3.63, 3.8) is 0 Å². The molecule has 2 amide bonds. The average molecular weight is 352 g/mol. The summed E-state index contributed by atoms with van der Waals surface area (Å²) in [6, 6.07) is 7.19. The van der Waals surface area contributed by atoms with Crippen LogP contribution >= 0.6 is 23.1 Å². The van der Waals surface area contributed by atoms with Crippen LogP contribution in [0.3, 0.4) is 0 Å². The van der Waals surface area contributed by atoms with Crippen LogP contribution in [0.25, 0.3) is 0 Å². The maximum absolute atomic E-state index is 12.0. The van der Waals surface area contributed by atoms with Crippen LogP contribution in [0, 0.1) is 0 Å². The number of anilines is 2. The molecule has 0 aliphatic carbocycles. The number of methoxy groups -OCH3 is 1. The van der Waals surface area contributed by atoms with Crippen molar-refractivity contribution in [3.05, 3.63) is 24.3 Å². The third-order valence-corrected chi connectivity index (χ3v) is 4.65. The molecule has 1 aromatic carbocycles. The van der Waals surface area contributed by atoms with Crippen LogP contribution in [-0.4, -0.2) is 34.9 Å². The van der Waals surface area contributed by atoms with E-state index in [1.165, 1.54) is 23.1 Å². The highest BCUT2D eigenvalue weighted by Gasteiger charge is 2.11. The van der Waals surface area contributed by atoms with Gasteiger partial charge in [-0.25, -0.2) is 0 Å². The van der Waals surface area contributed by atoms with Gasteiger partial charge in [-0.2, -0.15) is 0 Å². The van der Waals surface area contributed by atoms with E-state index in [2.05, 4.69) is 20.8 Å². The van der Waals surface area contributed by atoms with E-state index in [4.69, 9.17) is 4.74 Å². The first-order valence-corrected chi connectivity index (χ1v) is 8.61.